The lowest BCUT2D eigenvalue weighted by atomic mass is 10.2. The summed E-state index contributed by atoms with van der Waals surface area (Å²) in [4.78, 5) is 13.8. The van der Waals surface area contributed by atoms with Crippen LogP contribution in [-0.4, -0.2) is 55.9 Å². The molecule has 112 valence electrons. The van der Waals surface area contributed by atoms with Crippen molar-refractivity contribution in [2.75, 3.05) is 51.0 Å². The molecular formula is C14H23N3O3. The van der Waals surface area contributed by atoms with Gasteiger partial charge < -0.3 is 20.9 Å². The van der Waals surface area contributed by atoms with E-state index in [1.807, 2.05) is 4.90 Å². The van der Waals surface area contributed by atoms with Gasteiger partial charge in [0.1, 0.15) is 0 Å². The fraction of sp³-hybridized carbons (Fsp3) is 0.500. The minimum Gasteiger partial charge on any atom is -0.399 e. The van der Waals surface area contributed by atoms with Gasteiger partial charge in [0.15, 0.2) is 0 Å². The molecule has 1 aromatic rings. The van der Waals surface area contributed by atoms with Gasteiger partial charge in [-0.3, -0.25) is 9.69 Å². The second-order valence-electron chi connectivity index (χ2n) is 4.48. The van der Waals surface area contributed by atoms with E-state index in [2.05, 4.69) is 5.32 Å². The van der Waals surface area contributed by atoms with Crippen LogP contribution < -0.4 is 11.1 Å². The summed E-state index contributed by atoms with van der Waals surface area (Å²) in [5.41, 5.74) is 6.98. The maximum atomic E-state index is 11.8. The zero-order valence-corrected chi connectivity index (χ0v) is 11.8. The molecule has 1 aromatic carbocycles. The lowest BCUT2D eigenvalue weighted by Crippen LogP contribution is -2.33. The summed E-state index contributed by atoms with van der Waals surface area (Å²) in [7, 11) is 1.63. The van der Waals surface area contributed by atoms with Crippen LogP contribution in [0, 0.1) is 0 Å². The summed E-state index contributed by atoms with van der Waals surface area (Å²) in [6, 6.07) is 7.02. The lowest BCUT2D eigenvalue weighted by molar-refractivity contribution is -0.116. The number of nitrogens with one attached hydrogen (secondary N) is 1. The van der Waals surface area contributed by atoms with Crippen LogP contribution in [0.1, 0.15) is 6.42 Å². The van der Waals surface area contributed by atoms with Crippen LogP contribution in [0.3, 0.4) is 0 Å². The molecule has 0 aliphatic carbocycles. The molecule has 20 heavy (non-hydrogen) atoms. The monoisotopic (exact) mass is 281 g/mol. The van der Waals surface area contributed by atoms with E-state index in [0.29, 0.717) is 38.3 Å². The summed E-state index contributed by atoms with van der Waals surface area (Å²) in [5.74, 6) is -0.0601. The van der Waals surface area contributed by atoms with E-state index in [0.717, 1.165) is 5.69 Å². The van der Waals surface area contributed by atoms with Gasteiger partial charge in [0, 0.05) is 44.5 Å². The molecule has 0 bridgehead atoms. The van der Waals surface area contributed by atoms with E-state index >= 15 is 0 Å². The fourth-order valence-electron chi connectivity index (χ4n) is 1.75. The van der Waals surface area contributed by atoms with Crippen LogP contribution in [-0.2, 0) is 9.53 Å². The number of nitrogen functional groups attached to an aromatic ring is 1. The second kappa shape index (κ2) is 9.30. The highest BCUT2D eigenvalue weighted by Gasteiger charge is 2.08. The van der Waals surface area contributed by atoms with Gasteiger partial charge in [0.05, 0.1) is 13.2 Å². The van der Waals surface area contributed by atoms with Gasteiger partial charge in [-0.25, -0.2) is 0 Å². The number of nitrogens with two attached hydrogens (primary N) is 1. The Bertz CT molecular complexity index is 395. The van der Waals surface area contributed by atoms with Crippen molar-refractivity contribution in [2.45, 2.75) is 6.42 Å². The number of aliphatic hydroxyl groups is 1. The largest absolute Gasteiger partial charge is 0.399 e. The molecule has 0 fully saturated rings. The predicted octanol–water partition coefficient (Wildman–Crippen LogP) is 0.538. The minimum atomic E-state index is -0.0601. The van der Waals surface area contributed by atoms with Crippen LogP contribution in [0.25, 0.3) is 0 Å². The standard InChI is InChI=1S/C14H23N3O3/c1-20-11-9-17(8-10-18)7-6-14(19)16-13-4-2-12(15)3-5-13/h2-5,18H,6-11,15H2,1H3,(H,16,19). The number of anilines is 2. The molecule has 0 heterocycles. The summed E-state index contributed by atoms with van der Waals surface area (Å²) < 4.78 is 5.00. The first-order valence-corrected chi connectivity index (χ1v) is 6.63. The van der Waals surface area contributed by atoms with Crippen molar-refractivity contribution in [2.24, 2.45) is 0 Å². The smallest absolute Gasteiger partial charge is 0.225 e. The number of amides is 1. The number of ether oxygens (including phenoxy) is 1. The SMILES string of the molecule is COCCN(CCO)CCC(=O)Nc1ccc(N)cc1. The Morgan fingerprint density at radius 3 is 2.60 bits per heavy atom. The molecule has 0 radical (unpaired) electrons. The molecule has 6 heteroatoms. The number of aliphatic hydroxyl groups excluding tert-OH is 1. The van der Waals surface area contributed by atoms with Gasteiger partial charge in [-0.05, 0) is 24.3 Å². The molecule has 0 spiro atoms. The van der Waals surface area contributed by atoms with Crippen LogP contribution in [0.2, 0.25) is 0 Å². The Morgan fingerprint density at radius 2 is 2.00 bits per heavy atom. The van der Waals surface area contributed by atoms with Gasteiger partial charge in [-0.1, -0.05) is 0 Å². The molecule has 6 nitrogen and oxygen atoms in total. The van der Waals surface area contributed by atoms with Gasteiger partial charge in [0.2, 0.25) is 5.91 Å². The fourth-order valence-corrected chi connectivity index (χ4v) is 1.75. The molecule has 0 aliphatic heterocycles. The van der Waals surface area contributed by atoms with Crippen LogP contribution in [0.15, 0.2) is 24.3 Å². The number of methoxy groups -OCH3 is 1. The quantitative estimate of drug-likeness (QED) is 0.575. The third kappa shape index (κ3) is 6.51. The van der Waals surface area contributed by atoms with Crippen molar-refractivity contribution in [1.82, 2.24) is 4.90 Å². The summed E-state index contributed by atoms with van der Waals surface area (Å²) in [5, 5.41) is 11.8. The Hall–Kier alpha value is -1.63. The predicted molar refractivity (Wildman–Crippen MR) is 79.5 cm³/mol. The average Bonchev–Trinajstić information content (AvgIpc) is 2.44. The summed E-state index contributed by atoms with van der Waals surface area (Å²) in [6.07, 6.45) is 0.369. The number of benzene rings is 1. The van der Waals surface area contributed by atoms with Crippen molar-refractivity contribution in [3.63, 3.8) is 0 Å². The number of rotatable bonds is 9. The molecule has 0 aromatic heterocycles. The maximum Gasteiger partial charge on any atom is 0.225 e. The highest BCUT2D eigenvalue weighted by atomic mass is 16.5. The van der Waals surface area contributed by atoms with Gasteiger partial charge in [-0.15, -0.1) is 0 Å². The van der Waals surface area contributed by atoms with Gasteiger partial charge in [0.25, 0.3) is 0 Å². The van der Waals surface area contributed by atoms with E-state index in [1.54, 1.807) is 31.4 Å². The van der Waals surface area contributed by atoms with Gasteiger partial charge >= 0.3 is 0 Å². The first-order chi connectivity index (χ1) is 9.65. The zero-order valence-electron chi connectivity index (χ0n) is 11.8. The lowest BCUT2D eigenvalue weighted by Gasteiger charge is -2.20. The van der Waals surface area contributed by atoms with Crippen molar-refractivity contribution >= 4 is 17.3 Å². The van der Waals surface area contributed by atoms with Crippen molar-refractivity contribution in [3.8, 4) is 0 Å². The Kier molecular flexibility index (Phi) is 7.64. The molecule has 0 aliphatic rings. The molecule has 0 saturated carbocycles. The molecule has 0 atom stereocenters. The normalized spacial score (nSPS) is 10.8. The average molecular weight is 281 g/mol. The number of hydrogen-bond acceptors (Lipinski definition) is 5. The first kappa shape index (κ1) is 16.4. The second-order valence-corrected chi connectivity index (χ2v) is 4.48. The Morgan fingerprint density at radius 1 is 1.30 bits per heavy atom. The Balaban J connectivity index is 2.34. The summed E-state index contributed by atoms with van der Waals surface area (Å²) in [6.45, 7) is 2.48. The van der Waals surface area contributed by atoms with E-state index < -0.39 is 0 Å². The molecular weight excluding hydrogens is 258 g/mol. The molecule has 1 amide bonds. The maximum absolute atomic E-state index is 11.8. The first-order valence-electron chi connectivity index (χ1n) is 6.63. The third-order valence-corrected chi connectivity index (χ3v) is 2.88. The van der Waals surface area contributed by atoms with E-state index in [4.69, 9.17) is 15.6 Å². The third-order valence-electron chi connectivity index (χ3n) is 2.88. The van der Waals surface area contributed by atoms with Gasteiger partial charge in [-0.2, -0.15) is 0 Å². The van der Waals surface area contributed by atoms with Crippen LogP contribution in [0.5, 0.6) is 0 Å². The van der Waals surface area contributed by atoms with Crippen molar-refractivity contribution in [1.29, 1.82) is 0 Å². The summed E-state index contributed by atoms with van der Waals surface area (Å²) >= 11 is 0. The number of carbonyl (C=O) groups is 1. The number of carbonyl (C=O) groups excluding carboxylic acids is 1. The minimum absolute atomic E-state index is 0.0601. The molecule has 0 saturated heterocycles. The molecule has 0 unspecified atom stereocenters. The topological polar surface area (TPSA) is 87.8 Å². The highest BCUT2D eigenvalue weighted by molar-refractivity contribution is 5.90. The highest BCUT2D eigenvalue weighted by Crippen LogP contribution is 2.10. The van der Waals surface area contributed by atoms with E-state index in [9.17, 15) is 4.79 Å². The van der Waals surface area contributed by atoms with Crippen molar-refractivity contribution in [3.05, 3.63) is 24.3 Å². The van der Waals surface area contributed by atoms with E-state index in [1.165, 1.54) is 0 Å². The van der Waals surface area contributed by atoms with Crippen LogP contribution in [0.4, 0.5) is 11.4 Å². The Labute approximate surface area is 119 Å². The van der Waals surface area contributed by atoms with Crippen LogP contribution >= 0.6 is 0 Å². The number of nitrogens with zero attached hydrogens (tertiary/aromatic N) is 1. The molecule has 4 N–H and O–H groups in total. The van der Waals surface area contributed by atoms with Crippen molar-refractivity contribution < 1.29 is 14.6 Å². The number of hydrogen-bond donors (Lipinski definition) is 3. The zero-order chi connectivity index (χ0) is 14.8. The van der Waals surface area contributed by atoms with E-state index in [-0.39, 0.29) is 12.5 Å². The molecule has 1 rings (SSSR count).